The van der Waals surface area contributed by atoms with Crippen LogP contribution in [0.1, 0.15) is 12.8 Å². The van der Waals surface area contributed by atoms with Crippen molar-refractivity contribution in [2.75, 3.05) is 5.32 Å². The van der Waals surface area contributed by atoms with E-state index in [0.29, 0.717) is 39.3 Å². The lowest BCUT2D eigenvalue weighted by atomic mass is 10.1. The van der Waals surface area contributed by atoms with Gasteiger partial charge in [0.2, 0.25) is 0 Å². The summed E-state index contributed by atoms with van der Waals surface area (Å²) in [6.07, 6.45) is 12.5. The summed E-state index contributed by atoms with van der Waals surface area (Å²) in [6, 6.07) is 3.55. The molecule has 6 aromatic rings. The van der Waals surface area contributed by atoms with E-state index in [1.54, 1.807) is 37.2 Å². The van der Waals surface area contributed by atoms with E-state index in [0.717, 1.165) is 24.0 Å². The molecule has 178 valence electrons. The van der Waals surface area contributed by atoms with Crippen LogP contribution in [0.5, 0.6) is 0 Å². The quantitative estimate of drug-likeness (QED) is 0.254. The van der Waals surface area contributed by atoms with Crippen molar-refractivity contribution in [3.05, 3.63) is 61.5 Å². The zero-order chi connectivity index (χ0) is 24.2. The molecule has 1 atom stereocenters. The molecule has 0 amide bonds. The minimum Gasteiger partial charge on any atom is -0.472 e. The van der Waals surface area contributed by atoms with E-state index < -0.39 is 12.0 Å². The Hall–Kier alpha value is -4.64. The first-order chi connectivity index (χ1) is 17.7. The number of hydrogen-bond donors (Lipinski definition) is 4. The number of furan rings is 1. The Morgan fingerprint density at radius 2 is 1.94 bits per heavy atom. The van der Waals surface area contributed by atoms with Gasteiger partial charge in [-0.3, -0.25) is 20.1 Å². The van der Waals surface area contributed by atoms with Crippen LogP contribution in [0.15, 0.2) is 60.1 Å². The number of pyridine rings is 3. The van der Waals surface area contributed by atoms with Crippen molar-refractivity contribution in [3.63, 3.8) is 0 Å². The number of hydrogen-bond acceptors (Lipinski definition) is 8. The van der Waals surface area contributed by atoms with Crippen LogP contribution in [0.2, 0.25) is 0 Å². The van der Waals surface area contributed by atoms with E-state index in [2.05, 4.69) is 35.5 Å². The molecule has 4 N–H and O–H groups in total. The fourth-order valence-corrected chi connectivity index (χ4v) is 4.37. The van der Waals surface area contributed by atoms with E-state index in [1.807, 2.05) is 6.07 Å². The highest BCUT2D eigenvalue weighted by Gasteiger charge is 2.30. The highest BCUT2D eigenvalue weighted by atomic mass is 19.1. The molecule has 1 aliphatic carbocycles. The van der Waals surface area contributed by atoms with Gasteiger partial charge in [0.15, 0.2) is 11.6 Å². The molecule has 0 radical (unpaired) electrons. The van der Waals surface area contributed by atoms with Gasteiger partial charge in [-0.05, 0) is 25.0 Å². The molecular formula is C25H19FN8O2. The van der Waals surface area contributed by atoms with Gasteiger partial charge in [0.05, 0.1) is 53.2 Å². The molecule has 6 aromatic heterocycles. The summed E-state index contributed by atoms with van der Waals surface area (Å²) in [7, 11) is 0. The molecule has 1 unspecified atom stereocenters. The number of aliphatic hydroxyl groups is 1. The summed E-state index contributed by atoms with van der Waals surface area (Å²) < 4.78 is 21.1. The van der Waals surface area contributed by atoms with E-state index in [-0.39, 0.29) is 17.0 Å². The fourth-order valence-electron chi connectivity index (χ4n) is 4.37. The molecule has 36 heavy (non-hydrogen) atoms. The van der Waals surface area contributed by atoms with E-state index in [1.165, 1.54) is 12.4 Å². The van der Waals surface area contributed by atoms with Crippen LogP contribution in [0.25, 0.3) is 55.8 Å². The maximum Gasteiger partial charge on any atom is 0.161 e. The molecule has 6 heterocycles. The summed E-state index contributed by atoms with van der Waals surface area (Å²) in [6.45, 7) is 0. The van der Waals surface area contributed by atoms with Gasteiger partial charge in [-0.15, -0.1) is 0 Å². The molecule has 0 bridgehead atoms. The predicted molar refractivity (Wildman–Crippen MR) is 130 cm³/mol. The molecular weight excluding hydrogens is 463 g/mol. The predicted octanol–water partition coefficient (Wildman–Crippen LogP) is 4.50. The zero-order valence-corrected chi connectivity index (χ0v) is 18.7. The monoisotopic (exact) mass is 482 g/mol. The first-order valence-electron chi connectivity index (χ1n) is 11.4. The number of H-pyrrole nitrogens is 2. The second-order valence-electron chi connectivity index (χ2n) is 8.85. The Kier molecular flexibility index (Phi) is 4.58. The Balaban J connectivity index is 1.32. The summed E-state index contributed by atoms with van der Waals surface area (Å²) >= 11 is 0. The molecule has 0 saturated heterocycles. The van der Waals surface area contributed by atoms with Gasteiger partial charge in [0.1, 0.15) is 23.1 Å². The smallest absolute Gasteiger partial charge is 0.161 e. The number of fused-ring (bicyclic) bond motifs is 2. The van der Waals surface area contributed by atoms with Crippen molar-refractivity contribution in [1.82, 2.24) is 35.1 Å². The second kappa shape index (κ2) is 7.95. The summed E-state index contributed by atoms with van der Waals surface area (Å²) in [4.78, 5) is 20.7. The van der Waals surface area contributed by atoms with Gasteiger partial charge in [0, 0.05) is 35.0 Å². The third-order valence-corrected chi connectivity index (χ3v) is 6.39. The van der Waals surface area contributed by atoms with Crippen LogP contribution < -0.4 is 5.32 Å². The number of nitrogens with one attached hydrogen (secondary N) is 3. The van der Waals surface area contributed by atoms with Gasteiger partial charge in [0.25, 0.3) is 0 Å². The van der Waals surface area contributed by atoms with Gasteiger partial charge < -0.3 is 19.8 Å². The van der Waals surface area contributed by atoms with Crippen molar-refractivity contribution in [3.8, 4) is 33.9 Å². The molecule has 1 aliphatic rings. The van der Waals surface area contributed by atoms with Crippen LogP contribution in [-0.2, 0) is 0 Å². The number of anilines is 1. The highest BCUT2D eigenvalue weighted by molar-refractivity contribution is 5.97. The Morgan fingerprint density at radius 3 is 2.78 bits per heavy atom. The minimum atomic E-state index is -0.655. The fraction of sp³-hybridized carbons (Fsp3) is 0.160. The number of nitrogens with zero attached hydrogens (tertiary/aromatic N) is 5. The first-order valence-corrected chi connectivity index (χ1v) is 11.4. The van der Waals surface area contributed by atoms with Crippen molar-refractivity contribution in [2.24, 2.45) is 5.92 Å². The van der Waals surface area contributed by atoms with Gasteiger partial charge >= 0.3 is 0 Å². The molecule has 11 heteroatoms. The number of aliphatic hydroxyl groups excluding tert-OH is 1. The number of rotatable bonds is 6. The lowest BCUT2D eigenvalue weighted by Gasteiger charge is -2.13. The lowest BCUT2D eigenvalue weighted by Crippen LogP contribution is -2.20. The Bertz CT molecular complexity index is 1720. The SMILES string of the molecule is OC(Nc1cncc(-c2ncc3[nH]nc(-c4nc5c(-c6ccoc6)cncc5[nH]4)c3c2F)c1)C1CC1. The molecule has 0 aliphatic heterocycles. The van der Waals surface area contributed by atoms with E-state index >= 15 is 4.39 Å². The van der Waals surface area contributed by atoms with Crippen molar-refractivity contribution in [1.29, 1.82) is 0 Å². The molecule has 1 fully saturated rings. The van der Waals surface area contributed by atoms with Crippen LogP contribution in [0.4, 0.5) is 10.1 Å². The Labute approximate surface area is 202 Å². The van der Waals surface area contributed by atoms with Crippen LogP contribution in [-0.4, -0.2) is 46.5 Å². The maximum absolute atomic E-state index is 15.9. The van der Waals surface area contributed by atoms with Gasteiger partial charge in [-0.1, -0.05) is 0 Å². The topological polar surface area (TPSA) is 141 Å². The zero-order valence-electron chi connectivity index (χ0n) is 18.7. The largest absolute Gasteiger partial charge is 0.472 e. The van der Waals surface area contributed by atoms with Crippen LogP contribution in [0, 0.1) is 11.7 Å². The summed E-state index contributed by atoms with van der Waals surface area (Å²) in [5.41, 5.74) is 4.94. The Morgan fingerprint density at radius 1 is 1.06 bits per heavy atom. The van der Waals surface area contributed by atoms with Gasteiger partial charge in [-0.25, -0.2) is 9.37 Å². The lowest BCUT2D eigenvalue weighted by molar-refractivity contribution is 0.180. The summed E-state index contributed by atoms with van der Waals surface area (Å²) in [5, 5.41) is 20.7. The third-order valence-electron chi connectivity index (χ3n) is 6.39. The normalized spacial score (nSPS) is 14.5. The number of aromatic amines is 2. The minimum absolute atomic E-state index is 0.124. The first kappa shape index (κ1) is 20.7. The number of halogens is 1. The molecule has 0 aromatic carbocycles. The van der Waals surface area contributed by atoms with Crippen LogP contribution >= 0.6 is 0 Å². The van der Waals surface area contributed by atoms with Crippen LogP contribution in [0.3, 0.4) is 0 Å². The highest BCUT2D eigenvalue weighted by Crippen LogP contribution is 2.36. The van der Waals surface area contributed by atoms with E-state index in [9.17, 15) is 5.11 Å². The van der Waals surface area contributed by atoms with Crippen molar-refractivity contribution < 1.29 is 13.9 Å². The molecule has 7 rings (SSSR count). The average Bonchev–Trinajstić information content (AvgIpc) is 3.27. The van der Waals surface area contributed by atoms with Crippen molar-refractivity contribution >= 4 is 27.6 Å². The van der Waals surface area contributed by atoms with E-state index in [4.69, 9.17) is 9.40 Å². The third kappa shape index (κ3) is 3.40. The number of imidazole rings is 1. The standard InChI is InChI=1S/C25H19FN8O2/c26-20-19-17(10-29-21(20)14-5-15(7-27-6-14)30-25(35)12-1-2-12)33-34-23(19)24-31-18-9-28-8-16(22(18)32-24)13-3-4-36-11-13/h3-12,25,30,35H,1-2H2,(H,31,32)(H,33,34). The molecule has 10 nitrogen and oxygen atoms in total. The molecule has 1 saturated carbocycles. The maximum atomic E-state index is 15.9. The summed E-state index contributed by atoms with van der Waals surface area (Å²) in [5.74, 6) is 0.0825. The second-order valence-corrected chi connectivity index (χ2v) is 8.85. The number of aromatic nitrogens is 7. The van der Waals surface area contributed by atoms with Crippen molar-refractivity contribution in [2.45, 2.75) is 19.1 Å². The average molecular weight is 482 g/mol. The molecule has 0 spiro atoms. The van der Waals surface area contributed by atoms with Gasteiger partial charge in [-0.2, -0.15) is 5.10 Å².